The fourth-order valence-electron chi connectivity index (χ4n) is 4.78. The Labute approximate surface area is 224 Å². The number of carbonyl (C=O) groups excluding carboxylic acids is 2. The van der Waals surface area contributed by atoms with Crippen molar-refractivity contribution in [1.82, 2.24) is 9.88 Å². The third-order valence-corrected chi connectivity index (χ3v) is 6.61. The minimum absolute atomic E-state index is 0.0490. The van der Waals surface area contributed by atoms with Crippen molar-refractivity contribution in [3.05, 3.63) is 89.1 Å². The average Bonchev–Trinajstić information content (AvgIpc) is 3.51. The summed E-state index contributed by atoms with van der Waals surface area (Å²) in [4.78, 5) is 32.8. The lowest BCUT2D eigenvalue weighted by atomic mass is 9.94. The summed E-state index contributed by atoms with van der Waals surface area (Å²) in [6, 6.07) is 12.6. The Morgan fingerprint density at radius 1 is 0.949 bits per heavy atom. The zero-order chi connectivity index (χ0) is 27.7. The maximum atomic E-state index is 14.0. The summed E-state index contributed by atoms with van der Waals surface area (Å²) in [6.45, 7) is 0.0947. The van der Waals surface area contributed by atoms with Crippen LogP contribution in [0.3, 0.4) is 0 Å². The van der Waals surface area contributed by atoms with E-state index in [1.165, 1.54) is 33.3 Å². The van der Waals surface area contributed by atoms with Gasteiger partial charge in [0.25, 0.3) is 5.91 Å². The number of fused-ring (bicyclic) bond motifs is 1. The zero-order valence-electron chi connectivity index (χ0n) is 21.8. The number of aliphatic hydroxyl groups excluding tert-OH is 1. The fourth-order valence-corrected chi connectivity index (χ4v) is 4.78. The monoisotopic (exact) mass is 530 g/mol. The maximum absolute atomic E-state index is 14.0. The topological polar surface area (TPSA) is 121 Å². The van der Waals surface area contributed by atoms with Crippen LogP contribution in [0.4, 0.5) is 0 Å². The molecule has 0 radical (unpaired) electrons. The van der Waals surface area contributed by atoms with Gasteiger partial charge in [-0.05, 0) is 47.5 Å². The molecule has 0 bridgehead atoms. The Bertz CT molecular complexity index is 1570. The minimum Gasteiger partial charge on any atom is -0.503 e. The van der Waals surface area contributed by atoms with Crippen molar-refractivity contribution >= 4 is 22.7 Å². The van der Waals surface area contributed by atoms with Gasteiger partial charge in [-0.3, -0.25) is 14.6 Å². The summed E-state index contributed by atoms with van der Waals surface area (Å²) in [6.07, 6.45) is 3.21. The number of ketones is 1. The molecule has 1 aliphatic heterocycles. The second kappa shape index (κ2) is 10.4. The van der Waals surface area contributed by atoms with E-state index < -0.39 is 23.5 Å². The van der Waals surface area contributed by atoms with Gasteiger partial charge in [-0.25, -0.2) is 0 Å². The first kappa shape index (κ1) is 25.7. The highest BCUT2D eigenvalue weighted by atomic mass is 16.5. The molecule has 39 heavy (non-hydrogen) atoms. The first-order valence-electron chi connectivity index (χ1n) is 12.0. The number of carbonyl (C=O) groups is 2. The largest absolute Gasteiger partial charge is 0.503 e. The molecule has 200 valence electrons. The second-order valence-electron chi connectivity index (χ2n) is 8.73. The molecule has 1 amide bonds. The molecule has 0 aliphatic carbocycles. The van der Waals surface area contributed by atoms with Crippen molar-refractivity contribution in [3.8, 4) is 23.0 Å². The molecule has 10 nitrogen and oxygen atoms in total. The van der Waals surface area contributed by atoms with Crippen LogP contribution in [0.2, 0.25) is 0 Å². The van der Waals surface area contributed by atoms with E-state index in [4.69, 9.17) is 23.4 Å². The van der Waals surface area contributed by atoms with Crippen LogP contribution in [0.25, 0.3) is 11.0 Å². The molecule has 1 atom stereocenters. The van der Waals surface area contributed by atoms with Crippen molar-refractivity contribution in [2.24, 2.45) is 0 Å². The van der Waals surface area contributed by atoms with Gasteiger partial charge in [0.05, 0.1) is 40.1 Å². The Morgan fingerprint density at radius 3 is 2.23 bits per heavy atom. The molecule has 0 saturated heterocycles. The maximum Gasteiger partial charge on any atom is 0.290 e. The fraction of sp³-hybridized carbons (Fsp3) is 0.207. The number of aromatic nitrogens is 1. The SMILES string of the molecule is COc1cc(C2C(C(=O)c3cc4cccc(OC)c4o3)=C(O)C(=O)N2Cc2ccncc2)cc(OC)c1OC. The molecule has 0 spiro atoms. The number of aliphatic hydroxyl groups is 1. The van der Waals surface area contributed by atoms with E-state index in [1.54, 1.807) is 60.9 Å². The number of rotatable bonds is 9. The number of benzene rings is 2. The van der Waals surface area contributed by atoms with Gasteiger partial charge < -0.3 is 33.4 Å². The summed E-state index contributed by atoms with van der Waals surface area (Å²) in [5.74, 6) is -0.610. The van der Waals surface area contributed by atoms with E-state index in [0.29, 0.717) is 39.5 Å². The van der Waals surface area contributed by atoms with E-state index in [2.05, 4.69) is 4.98 Å². The summed E-state index contributed by atoms with van der Waals surface area (Å²) in [5, 5.41) is 11.7. The number of nitrogens with zero attached hydrogens (tertiary/aromatic N) is 2. The predicted octanol–water partition coefficient (Wildman–Crippen LogP) is 4.64. The standard InChI is InChI=1S/C29H26N2O8/c1-35-19-7-5-6-17-12-20(39-27(17)19)25(32)23-24(18-13-21(36-2)28(38-4)22(14-18)37-3)31(29(34)26(23)33)15-16-8-10-30-11-9-16/h5-14,24,33H,15H2,1-4H3. The van der Waals surface area contributed by atoms with Gasteiger partial charge in [-0.15, -0.1) is 0 Å². The number of methoxy groups -OCH3 is 4. The van der Waals surface area contributed by atoms with Gasteiger partial charge in [0, 0.05) is 24.3 Å². The number of ether oxygens (including phenoxy) is 4. The van der Waals surface area contributed by atoms with Gasteiger partial charge in [-0.1, -0.05) is 12.1 Å². The van der Waals surface area contributed by atoms with E-state index in [1.807, 2.05) is 0 Å². The first-order chi connectivity index (χ1) is 18.9. The lowest BCUT2D eigenvalue weighted by Crippen LogP contribution is -2.30. The van der Waals surface area contributed by atoms with Crippen LogP contribution in [0.1, 0.15) is 27.7 Å². The molecule has 1 N–H and O–H groups in total. The molecule has 1 unspecified atom stereocenters. The Morgan fingerprint density at radius 2 is 1.62 bits per heavy atom. The first-order valence-corrected chi connectivity index (χ1v) is 12.0. The van der Waals surface area contributed by atoms with Crippen LogP contribution >= 0.6 is 0 Å². The van der Waals surface area contributed by atoms with Crippen LogP contribution in [0.5, 0.6) is 23.0 Å². The zero-order valence-corrected chi connectivity index (χ0v) is 21.8. The van der Waals surface area contributed by atoms with Crippen LogP contribution in [-0.4, -0.2) is 55.1 Å². The molecule has 1 aliphatic rings. The van der Waals surface area contributed by atoms with Crippen LogP contribution in [0.15, 0.2) is 76.7 Å². The Kier molecular flexibility index (Phi) is 6.84. The highest BCUT2D eigenvalue weighted by Crippen LogP contribution is 2.46. The van der Waals surface area contributed by atoms with Crippen LogP contribution < -0.4 is 18.9 Å². The quantitative estimate of drug-likeness (QED) is 0.309. The van der Waals surface area contributed by atoms with Gasteiger partial charge in [0.1, 0.15) is 0 Å². The van der Waals surface area contributed by atoms with Crippen molar-refractivity contribution < 1.29 is 38.1 Å². The van der Waals surface area contributed by atoms with Crippen LogP contribution in [0, 0.1) is 0 Å². The Hall–Kier alpha value is -4.99. The number of furan rings is 1. The Balaban J connectivity index is 1.67. The summed E-state index contributed by atoms with van der Waals surface area (Å²) in [7, 11) is 5.92. The highest BCUT2D eigenvalue weighted by Gasteiger charge is 2.45. The van der Waals surface area contributed by atoms with Gasteiger partial charge in [0.2, 0.25) is 11.5 Å². The van der Waals surface area contributed by atoms with Crippen molar-refractivity contribution in [2.45, 2.75) is 12.6 Å². The lowest BCUT2D eigenvalue weighted by Gasteiger charge is -2.27. The number of hydrogen-bond donors (Lipinski definition) is 1. The van der Waals surface area contributed by atoms with Gasteiger partial charge in [-0.2, -0.15) is 0 Å². The molecule has 3 heterocycles. The molecule has 0 saturated carbocycles. The number of pyridine rings is 1. The summed E-state index contributed by atoms with van der Waals surface area (Å²) >= 11 is 0. The smallest absolute Gasteiger partial charge is 0.290 e. The van der Waals surface area contributed by atoms with E-state index in [9.17, 15) is 14.7 Å². The molecular formula is C29H26N2O8. The van der Waals surface area contributed by atoms with Crippen molar-refractivity contribution in [1.29, 1.82) is 0 Å². The molecule has 0 fully saturated rings. The summed E-state index contributed by atoms with van der Waals surface area (Å²) < 4.78 is 27.7. The molecule has 10 heteroatoms. The third kappa shape index (κ3) is 4.39. The molecule has 2 aromatic heterocycles. The third-order valence-electron chi connectivity index (χ3n) is 6.61. The number of amides is 1. The molecular weight excluding hydrogens is 504 g/mol. The average molecular weight is 531 g/mol. The lowest BCUT2D eigenvalue weighted by molar-refractivity contribution is -0.130. The molecule has 2 aromatic carbocycles. The van der Waals surface area contributed by atoms with Gasteiger partial charge >= 0.3 is 0 Å². The summed E-state index contributed by atoms with van der Waals surface area (Å²) in [5.41, 5.74) is 1.46. The van der Waals surface area contributed by atoms with E-state index >= 15 is 0 Å². The predicted molar refractivity (Wildman–Crippen MR) is 140 cm³/mol. The van der Waals surface area contributed by atoms with E-state index in [0.717, 1.165) is 5.56 Å². The number of hydrogen-bond acceptors (Lipinski definition) is 9. The minimum atomic E-state index is -0.998. The highest BCUT2D eigenvalue weighted by molar-refractivity contribution is 6.16. The van der Waals surface area contributed by atoms with Crippen LogP contribution in [-0.2, 0) is 11.3 Å². The van der Waals surface area contributed by atoms with Crippen molar-refractivity contribution in [2.75, 3.05) is 28.4 Å². The van der Waals surface area contributed by atoms with Gasteiger partial charge in [0.15, 0.2) is 34.4 Å². The molecule has 4 aromatic rings. The number of Topliss-reactive ketones (excluding diaryl/α,β-unsaturated/α-hetero) is 1. The normalized spacial score (nSPS) is 15.1. The second-order valence-corrected chi connectivity index (χ2v) is 8.73. The molecule has 5 rings (SSSR count). The number of para-hydroxylation sites is 1. The van der Waals surface area contributed by atoms with Crippen molar-refractivity contribution in [3.63, 3.8) is 0 Å². The van der Waals surface area contributed by atoms with E-state index in [-0.39, 0.29) is 17.9 Å².